The van der Waals surface area contributed by atoms with Crippen LogP contribution in [0.2, 0.25) is 0 Å². The van der Waals surface area contributed by atoms with Crippen LogP contribution in [0.4, 0.5) is 0 Å². The number of aromatic nitrogens is 2. The molecule has 3 rings (SSSR count). The fourth-order valence-electron chi connectivity index (χ4n) is 2.18. The molecular weight excluding hydrogens is 244 g/mol. The second-order valence-corrected chi connectivity index (χ2v) is 5.70. The molecule has 0 saturated carbocycles. The third-order valence-electron chi connectivity index (χ3n) is 3.08. The predicted octanol–water partition coefficient (Wildman–Crippen LogP) is 3.02. The Morgan fingerprint density at radius 1 is 1.22 bits per heavy atom. The number of thiophene rings is 1. The normalized spacial score (nSPS) is 13.1. The molecule has 1 N–H and O–H groups in total. The van der Waals surface area contributed by atoms with Gasteiger partial charge < -0.3 is 5.11 Å². The van der Waals surface area contributed by atoms with E-state index >= 15 is 0 Å². The highest BCUT2D eigenvalue weighted by molar-refractivity contribution is 7.12. The van der Waals surface area contributed by atoms with Crippen molar-refractivity contribution in [3.63, 3.8) is 0 Å². The van der Waals surface area contributed by atoms with Gasteiger partial charge in [0.1, 0.15) is 11.8 Å². The molecule has 2 aromatic heterocycles. The van der Waals surface area contributed by atoms with Gasteiger partial charge in [-0.1, -0.05) is 18.2 Å². The average Bonchev–Trinajstić information content (AvgIpc) is 2.94. The monoisotopic (exact) mass is 258 g/mol. The third-order valence-corrected chi connectivity index (χ3v) is 4.13. The zero-order valence-corrected chi connectivity index (χ0v) is 11.1. The molecule has 92 valence electrons. The van der Waals surface area contributed by atoms with E-state index in [0.717, 1.165) is 21.5 Å². The molecule has 1 aromatic carbocycles. The second-order valence-electron chi connectivity index (χ2n) is 4.38. The summed E-state index contributed by atoms with van der Waals surface area (Å²) in [6, 6.07) is 12.0. The van der Waals surface area contributed by atoms with E-state index in [1.807, 2.05) is 55.1 Å². The van der Waals surface area contributed by atoms with Crippen LogP contribution in [0.3, 0.4) is 0 Å². The summed E-state index contributed by atoms with van der Waals surface area (Å²) in [4.78, 5) is 2.14. The van der Waals surface area contributed by atoms with Crippen molar-refractivity contribution in [1.29, 1.82) is 0 Å². The van der Waals surface area contributed by atoms with Crippen LogP contribution < -0.4 is 0 Å². The summed E-state index contributed by atoms with van der Waals surface area (Å²) in [5.74, 6) is 0. The molecule has 0 saturated heterocycles. The van der Waals surface area contributed by atoms with E-state index in [0.29, 0.717) is 0 Å². The quantitative estimate of drug-likeness (QED) is 0.767. The van der Waals surface area contributed by atoms with Crippen molar-refractivity contribution in [2.75, 3.05) is 0 Å². The summed E-state index contributed by atoms with van der Waals surface area (Å²) in [6.45, 7) is 2.04. The highest BCUT2D eigenvalue weighted by Crippen LogP contribution is 2.31. The zero-order valence-electron chi connectivity index (χ0n) is 10.3. The Balaban J connectivity index is 2.14. The van der Waals surface area contributed by atoms with Crippen molar-refractivity contribution < 1.29 is 5.11 Å². The minimum atomic E-state index is -0.644. The molecule has 0 aliphatic carbocycles. The lowest BCUT2D eigenvalue weighted by molar-refractivity contribution is 0.219. The van der Waals surface area contributed by atoms with E-state index < -0.39 is 6.10 Å². The van der Waals surface area contributed by atoms with Crippen molar-refractivity contribution in [3.05, 3.63) is 51.8 Å². The predicted molar refractivity (Wildman–Crippen MR) is 73.8 cm³/mol. The maximum Gasteiger partial charge on any atom is 0.133 e. The van der Waals surface area contributed by atoms with Gasteiger partial charge >= 0.3 is 0 Å². The standard InChI is InChI=1S/C14H14N2OS/c1-9-7-8-12(18-9)14(17)13-10-5-3-4-6-11(10)16(2)15-13/h3-8,14,17H,1-2H3. The fraction of sp³-hybridized carbons (Fsp3) is 0.214. The summed E-state index contributed by atoms with van der Waals surface area (Å²) in [5, 5.41) is 15.9. The molecule has 0 aliphatic heterocycles. The molecule has 0 radical (unpaired) electrons. The van der Waals surface area contributed by atoms with Gasteiger partial charge in [0, 0.05) is 22.2 Å². The third kappa shape index (κ3) is 1.74. The first-order valence-electron chi connectivity index (χ1n) is 5.83. The number of hydrogen-bond acceptors (Lipinski definition) is 3. The minimum absolute atomic E-state index is 0.644. The number of aryl methyl sites for hydroxylation is 2. The Labute approximate surface area is 109 Å². The van der Waals surface area contributed by atoms with Gasteiger partial charge in [0.25, 0.3) is 0 Å². The molecule has 4 heteroatoms. The summed E-state index contributed by atoms with van der Waals surface area (Å²) in [7, 11) is 1.90. The first-order valence-corrected chi connectivity index (χ1v) is 6.64. The summed E-state index contributed by atoms with van der Waals surface area (Å²) >= 11 is 1.61. The van der Waals surface area contributed by atoms with Crippen molar-refractivity contribution in [1.82, 2.24) is 9.78 Å². The molecule has 1 unspecified atom stereocenters. The Kier molecular flexibility index (Phi) is 2.69. The zero-order chi connectivity index (χ0) is 12.7. The van der Waals surface area contributed by atoms with Crippen molar-refractivity contribution in [3.8, 4) is 0 Å². The SMILES string of the molecule is Cc1ccc(C(O)c2nn(C)c3ccccc23)s1. The van der Waals surface area contributed by atoms with Crippen LogP contribution in [0.1, 0.15) is 21.6 Å². The number of benzene rings is 1. The molecule has 1 atom stereocenters. The van der Waals surface area contributed by atoms with Crippen LogP contribution in [0.25, 0.3) is 10.9 Å². The van der Waals surface area contributed by atoms with Crippen LogP contribution in [-0.4, -0.2) is 14.9 Å². The first kappa shape index (κ1) is 11.4. The number of nitrogens with zero attached hydrogens (tertiary/aromatic N) is 2. The largest absolute Gasteiger partial charge is 0.381 e. The van der Waals surface area contributed by atoms with E-state index in [1.54, 1.807) is 11.3 Å². The summed E-state index contributed by atoms with van der Waals surface area (Å²) in [6.07, 6.45) is -0.644. The molecule has 0 bridgehead atoms. The van der Waals surface area contributed by atoms with Crippen LogP contribution >= 0.6 is 11.3 Å². The highest BCUT2D eigenvalue weighted by Gasteiger charge is 2.19. The summed E-state index contributed by atoms with van der Waals surface area (Å²) in [5.41, 5.74) is 1.77. The topological polar surface area (TPSA) is 38.1 Å². The maximum absolute atomic E-state index is 10.5. The van der Waals surface area contributed by atoms with E-state index in [9.17, 15) is 5.11 Å². The molecule has 18 heavy (non-hydrogen) atoms. The van der Waals surface area contributed by atoms with Gasteiger partial charge in [-0.15, -0.1) is 11.3 Å². The number of rotatable bonds is 2. The van der Waals surface area contributed by atoms with Crippen LogP contribution in [0.15, 0.2) is 36.4 Å². The van der Waals surface area contributed by atoms with Gasteiger partial charge in [-0.3, -0.25) is 4.68 Å². The van der Waals surface area contributed by atoms with Gasteiger partial charge in [-0.25, -0.2) is 0 Å². The fourth-order valence-corrected chi connectivity index (χ4v) is 3.05. The Morgan fingerprint density at radius 3 is 2.72 bits per heavy atom. The molecule has 3 nitrogen and oxygen atoms in total. The van der Waals surface area contributed by atoms with Crippen molar-refractivity contribution >= 4 is 22.2 Å². The lowest BCUT2D eigenvalue weighted by Crippen LogP contribution is -1.99. The van der Waals surface area contributed by atoms with E-state index in [2.05, 4.69) is 5.10 Å². The number of fused-ring (bicyclic) bond motifs is 1. The Bertz CT molecular complexity index is 699. The molecule has 0 fully saturated rings. The Hall–Kier alpha value is -1.65. The number of para-hydroxylation sites is 1. The van der Waals surface area contributed by atoms with E-state index in [-0.39, 0.29) is 0 Å². The lowest BCUT2D eigenvalue weighted by atomic mass is 10.1. The Morgan fingerprint density at radius 2 is 2.00 bits per heavy atom. The van der Waals surface area contributed by atoms with Gasteiger partial charge in [-0.2, -0.15) is 5.10 Å². The maximum atomic E-state index is 10.5. The van der Waals surface area contributed by atoms with Gasteiger partial charge in [-0.05, 0) is 25.1 Å². The molecular formula is C14H14N2OS. The number of aliphatic hydroxyl groups excluding tert-OH is 1. The van der Waals surface area contributed by atoms with Crippen molar-refractivity contribution in [2.45, 2.75) is 13.0 Å². The van der Waals surface area contributed by atoms with Crippen LogP contribution in [0.5, 0.6) is 0 Å². The van der Waals surface area contributed by atoms with E-state index in [4.69, 9.17) is 0 Å². The first-order chi connectivity index (χ1) is 8.66. The molecule has 0 spiro atoms. The molecule has 0 amide bonds. The smallest absolute Gasteiger partial charge is 0.133 e. The average molecular weight is 258 g/mol. The summed E-state index contributed by atoms with van der Waals surface area (Å²) < 4.78 is 1.81. The lowest BCUT2D eigenvalue weighted by Gasteiger charge is -2.05. The molecule has 3 aromatic rings. The minimum Gasteiger partial charge on any atom is -0.381 e. The number of hydrogen-bond donors (Lipinski definition) is 1. The van der Waals surface area contributed by atoms with Crippen LogP contribution in [0, 0.1) is 6.92 Å². The van der Waals surface area contributed by atoms with Gasteiger partial charge in [0.05, 0.1) is 5.52 Å². The molecule has 2 heterocycles. The van der Waals surface area contributed by atoms with Gasteiger partial charge in [0.2, 0.25) is 0 Å². The van der Waals surface area contributed by atoms with Crippen LogP contribution in [-0.2, 0) is 7.05 Å². The molecule has 0 aliphatic rings. The van der Waals surface area contributed by atoms with E-state index in [1.165, 1.54) is 4.88 Å². The second kappa shape index (κ2) is 4.23. The van der Waals surface area contributed by atoms with Gasteiger partial charge in [0.15, 0.2) is 0 Å². The highest BCUT2D eigenvalue weighted by atomic mass is 32.1. The van der Waals surface area contributed by atoms with Crippen molar-refractivity contribution in [2.24, 2.45) is 7.05 Å². The number of aliphatic hydroxyl groups is 1.